The molecule has 0 spiro atoms. The van der Waals surface area contributed by atoms with Gasteiger partial charge in [0.2, 0.25) is 5.91 Å². The van der Waals surface area contributed by atoms with Crippen molar-refractivity contribution < 1.29 is 9.90 Å². The molecule has 0 unspecified atom stereocenters. The van der Waals surface area contributed by atoms with Crippen molar-refractivity contribution in [2.45, 2.75) is 45.3 Å². The monoisotopic (exact) mass is 263 g/mol. The van der Waals surface area contributed by atoms with Gasteiger partial charge in [-0.15, -0.1) is 0 Å². The predicted molar refractivity (Wildman–Crippen MR) is 77.2 cm³/mol. The van der Waals surface area contributed by atoms with Crippen LogP contribution in [0.1, 0.15) is 33.3 Å². The van der Waals surface area contributed by atoms with Crippen molar-refractivity contribution >= 4 is 23.0 Å². The Hall–Kier alpha value is -1.75. The predicted octanol–water partition coefficient (Wildman–Crippen LogP) is 1.72. The number of hydrogen-bond acceptors (Lipinski definition) is 4. The van der Waals surface area contributed by atoms with E-state index in [1.807, 2.05) is 19.9 Å². The molecule has 0 bridgehead atoms. The lowest BCUT2D eigenvalue weighted by molar-refractivity contribution is -0.115. The lowest BCUT2D eigenvalue weighted by atomic mass is 9.85. The first-order chi connectivity index (χ1) is 8.60. The highest BCUT2D eigenvalue weighted by Gasteiger charge is 2.35. The number of carbonyl (C=O) groups is 1. The van der Waals surface area contributed by atoms with Crippen molar-refractivity contribution in [3.63, 3.8) is 0 Å². The van der Waals surface area contributed by atoms with Crippen LogP contribution in [0.5, 0.6) is 0 Å². The molecule has 1 heterocycles. The van der Waals surface area contributed by atoms with E-state index in [4.69, 9.17) is 5.73 Å². The molecule has 5 nitrogen and oxygen atoms in total. The molecule has 0 saturated heterocycles. The van der Waals surface area contributed by atoms with Crippen molar-refractivity contribution in [1.82, 2.24) is 0 Å². The highest BCUT2D eigenvalue weighted by Crippen LogP contribution is 2.35. The number of aliphatic hydroxyl groups is 1. The molecule has 5 heteroatoms. The van der Waals surface area contributed by atoms with Gasteiger partial charge in [-0.2, -0.15) is 0 Å². The molecule has 0 aromatic heterocycles. The van der Waals surface area contributed by atoms with Crippen LogP contribution in [0.4, 0.5) is 17.1 Å². The van der Waals surface area contributed by atoms with Gasteiger partial charge in [0, 0.05) is 5.69 Å². The van der Waals surface area contributed by atoms with Gasteiger partial charge in [-0.05, 0) is 45.4 Å². The van der Waals surface area contributed by atoms with E-state index in [1.165, 1.54) is 0 Å². The van der Waals surface area contributed by atoms with Crippen LogP contribution in [0.15, 0.2) is 12.1 Å². The minimum atomic E-state index is -0.915. The summed E-state index contributed by atoms with van der Waals surface area (Å²) in [4.78, 5) is 11.4. The molecule has 0 atom stereocenters. The number of fused-ring (bicyclic) bond motifs is 1. The third kappa shape index (κ3) is 2.51. The summed E-state index contributed by atoms with van der Waals surface area (Å²) < 4.78 is 0. The van der Waals surface area contributed by atoms with E-state index in [2.05, 4.69) is 10.6 Å². The summed E-state index contributed by atoms with van der Waals surface area (Å²) in [5, 5.41) is 16.2. The van der Waals surface area contributed by atoms with Gasteiger partial charge in [-0.1, -0.05) is 0 Å². The van der Waals surface area contributed by atoms with E-state index in [1.54, 1.807) is 19.9 Å². The van der Waals surface area contributed by atoms with Crippen molar-refractivity contribution in [3.8, 4) is 0 Å². The molecule has 19 heavy (non-hydrogen) atoms. The summed E-state index contributed by atoms with van der Waals surface area (Å²) in [5.41, 5.74) is 7.52. The molecular weight excluding hydrogens is 242 g/mol. The number of nitrogens with two attached hydrogens (primary N) is 1. The molecular formula is C14H21N3O2. The molecule has 2 rings (SSSR count). The normalized spacial score (nSPS) is 15.1. The van der Waals surface area contributed by atoms with E-state index in [0.29, 0.717) is 17.8 Å². The van der Waals surface area contributed by atoms with Crippen LogP contribution in [0.3, 0.4) is 0 Å². The Bertz CT molecular complexity index is 530. The molecule has 0 aliphatic carbocycles. The van der Waals surface area contributed by atoms with E-state index in [9.17, 15) is 9.90 Å². The topological polar surface area (TPSA) is 87.4 Å². The van der Waals surface area contributed by atoms with Gasteiger partial charge in [-0.25, -0.2) is 0 Å². The zero-order chi connectivity index (χ0) is 14.4. The Balaban J connectivity index is 2.33. The first kappa shape index (κ1) is 13.7. The summed E-state index contributed by atoms with van der Waals surface area (Å²) in [5.74, 6) is -0.0201. The van der Waals surface area contributed by atoms with Gasteiger partial charge >= 0.3 is 0 Å². The van der Waals surface area contributed by atoms with E-state index in [-0.39, 0.29) is 5.91 Å². The lowest BCUT2D eigenvalue weighted by Gasteiger charge is -2.39. The fourth-order valence-electron chi connectivity index (χ4n) is 1.89. The van der Waals surface area contributed by atoms with Gasteiger partial charge in [0.15, 0.2) is 0 Å². The Kier molecular flexibility index (Phi) is 2.97. The van der Waals surface area contributed by atoms with Gasteiger partial charge in [0.1, 0.15) is 0 Å². The van der Waals surface area contributed by atoms with Gasteiger partial charge in [-0.3, -0.25) is 4.79 Å². The molecule has 104 valence electrons. The third-order valence-electron chi connectivity index (χ3n) is 3.88. The van der Waals surface area contributed by atoms with E-state index >= 15 is 0 Å². The SMILES string of the molecule is CC(C)(O)C(C)(C)Nc1cc2c(cc1N)CC(=O)N2. The highest BCUT2D eigenvalue weighted by atomic mass is 16.3. The lowest BCUT2D eigenvalue weighted by Crippen LogP contribution is -2.51. The van der Waals surface area contributed by atoms with Crippen LogP contribution in [0.2, 0.25) is 0 Å². The van der Waals surface area contributed by atoms with Crippen molar-refractivity contribution in [2.75, 3.05) is 16.4 Å². The molecule has 1 amide bonds. The zero-order valence-corrected chi connectivity index (χ0v) is 11.8. The fourth-order valence-corrected chi connectivity index (χ4v) is 1.89. The Morgan fingerprint density at radius 2 is 1.95 bits per heavy atom. The molecule has 0 saturated carbocycles. The first-order valence-electron chi connectivity index (χ1n) is 6.33. The minimum absolute atomic E-state index is 0.0201. The highest BCUT2D eigenvalue weighted by molar-refractivity contribution is 6.00. The second-order valence-electron chi connectivity index (χ2n) is 6.13. The van der Waals surface area contributed by atoms with Crippen LogP contribution in [0, 0.1) is 0 Å². The van der Waals surface area contributed by atoms with Crippen molar-refractivity contribution in [2.24, 2.45) is 0 Å². The van der Waals surface area contributed by atoms with Crippen LogP contribution in [0.25, 0.3) is 0 Å². The van der Waals surface area contributed by atoms with Crippen LogP contribution < -0.4 is 16.4 Å². The molecule has 1 aromatic carbocycles. The summed E-state index contributed by atoms with van der Waals surface area (Å²) in [6, 6.07) is 3.62. The maximum atomic E-state index is 11.4. The summed E-state index contributed by atoms with van der Waals surface area (Å²) in [6.45, 7) is 7.28. The number of benzene rings is 1. The maximum absolute atomic E-state index is 11.4. The average molecular weight is 263 g/mol. The second kappa shape index (κ2) is 4.13. The summed E-state index contributed by atoms with van der Waals surface area (Å²) >= 11 is 0. The standard InChI is InChI=1S/C14H21N3O2/c1-13(2,14(3,4)19)17-11-7-10-8(5-9(11)15)6-12(18)16-10/h5,7,17,19H,6,15H2,1-4H3,(H,16,18). The largest absolute Gasteiger partial charge is 0.397 e. The molecule has 1 aromatic rings. The van der Waals surface area contributed by atoms with Gasteiger partial charge in [0.05, 0.1) is 28.9 Å². The second-order valence-corrected chi connectivity index (χ2v) is 6.13. The molecule has 5 N–H and O–H groups in total. The number of amides is 1. The Labute approximate surface area is 113 Å². The first-order valence-corrected chi connectivity index (χ1v) is 6.33. The minimum Gasteiger partial charge on any atom is -0.397 e. The van der Waals surface area contributed by atoms with Crippen LogP contribution in [-0.4, -0.2) is 22.2 Å². The third-order valence-corrected chi connectivity index (χ3v) is 3.88. The fraction of sp³-hybridized carbons (Fsp3) is 0.500. The Morgan fingerprint density at radius 1 is 1.32 bits per heavy atom. The Morgan fingerprint density at radius 3 is 2.53 bits per heavy atom. The smallest absolute Gasteiger partial charge is 0.228 e. The number of rotatable bonds is 3. The van der Waals surface area contributed by atoms with Crippen LogP contribution in [-0.2, 0) is 11.2 Å². The van der Waals surface area contributed by atoms with E-state index < -0.39 is 11.1 Å². The summed E-state index contributed by atoms with van der Waals surface area (Å²) in [6.07, 6.45) is 0.370. The number of hydrogen-bond donors (Lipinski definition) is 4. The number of anilines is 3. The quantitative estimate of drug-likeness (QED) is 0.625. The molecule has 1 aliphatic rings. The van der Waals surface area contributed by atoms with Gasteiger partial charge < -0.3 is 21.5 Å². The number of nitrogens with one attached hydrogen (secondary N) is 2. The molecule has 0 radical (unpaired) electrons. The van der Waals surface area contributed by atoms with Gasteiger partial charge in [0.25, 0.3) is 0 Å². The average Bonchev–Trinajstić information content (AvgIpc) is 2.55. The number of carbonyl (C=O) groups excluding carboxylic acids is 1. The maximum Gasteiger partial charge on any atom is 0.228 e. The van der Waals surface area contributed by atoms with Crippen LogP contribution >= 0.6 is 0 Å². The zero-order valence-electron chi connectivity index (χ0n) is 11.8. The number of nitrogen functional groups attached to an aromatic ring is 1. The van der Waals surface area contributed by atoms with Crippen molar-refractivity contribution in [3.05, 3.63) is 17.7 Å². The molecule has 0 fully saturated rings. The molecule has 1 aliphatic heterocycles. The summed E-state index contributed by atoms with van der Waals surface area (Å²) in [7, 11) is 0. The van der Waals surface area contributed by atoms with Crippen molar-refractivity contribution in [1.29, 1.82) is 0 Å². The van der Waals surface area contributed by atoms with E-state index in [0.717, 1.165) is 11.3 Å².